The topological polar surface area (TPSA) is 64.4 Å². The van der Waals surface area contributed by atoms with Crippen LogP contribution in [-0.4, -0.2) is 18.3 Å². The molecule has 2 atom stereocenters. The third-order valence-electron chi connectivity index (χ3n) is 2.92. The molecular formula is C13H17F3N2O2. The summed E-state index contributed by atoms with van der Waals surface area (Å²) in [4.78, 5) is 11.8. The summed E-state index contributed by atoms with van der Waals surface area (Å²) in [5.74, 6) is -0.701. The molecule has 0 spiro atoms. The Balaban J connectivity index is 2.64. The Morgan fingerprint density at radius 1 is 1.35 bits per heavy atom. The van der Waals surface area contributed by atoms with E-state index in [1.54, 1.807) is 0 Å². The van der Waals surface area contributed by atoms with E-state index < -0.39 is 12.4 Å². The Kier molecular flexibility index (Phi) is 5.38. The summed E-state index contributed by atoms with van der Waals surface area (Å²) >= 11 is 0. The fourth-order valence-electron chi connectivity index (χ4n) is 1.48. The molecule has 0 aromatic heterocycles. The summed E-state index contributed by atoms with van der Waals surface area (Å²) in [5, 5.41) is 2.55. The molecule has 0 aliphatic carbocycles. The minimum atomic E-state index is -4.73. The van der Waals surface area contributed by atoms with Crippen LogP contribution in [0.3, 0.4) is 0 Å². The van der Waals surface area contributed by atoms with Gasteiger partial charge >= 0.3 is 6.36 Å². The molecule has 1 aromatic rings. The van der Waals surface area contributed by atoms with Crippen LogP contribution in [0.1, 0.15) is 20.3 Å². The highest BCUT2D eigenvalue weighted by atomic mass is 19.4. The van der Waals surface area contributed by atoms with Crippen molar-refractivity contribution in [2.24, 2.45) is 11.7 Å². The quantitative estimate of drug-likeness (QED) is 0.876. The predicted molar refractivity (Wildman–Crippen MR) is 69.2 cm³/mol. The average molecular weight is 290 g/mol. The molecule has 0 aliphatic rings. The zero-order valence-corrected chi connectivity index (χ0v) is 11.2. The van der Waals surface area contributed by atoms with Crippen LogP contribution in [0.15, 0.2) is 24.3 Å². The van der Waals surface area contributed by atoms with Crippen molar-refractivity contribution in [3.63, 3.8) is 0 Å². The van der Waals surface area contributed by atoms with Crippen molar-refractivity contribution >= 4 is 11.6 Å². The van der Waals surface area contributed by atoms with Gasteiger partial charge in [0.25, 0.3) is 0 Å². The van der Waals surface area contributed by atoms with Gasteiger partial charge in [0.1, 0.15) is 5.75 Å². The standard InChI is InChI=1S/C13H17F3N2O2/c1-3-8(2)11(17)12(19)18-9-4-6-10(7-5-9)20-13(14,15)16/h4-8,11H,3,17H2,1-2H3,(H,18,19)/t8?,11-/m0/s1. The first kappa shape index (κ1) is 16.3. The Morgan fingerprint density at radius 2 is 1.90 bits per heavy atom. The van der Waals surface area contributed by atoms with Gasteiger partial charge in [0.05, 0.1) is 6.04 Å². The van der Waals surface area contributed by atoms with Gasteiger partial charge in [-0.3, -0.25) is 4.79 Å². The van der Waals surface area contributed by atoms with Crippen molar-refractivity contribution in [2.45, 2.75) is 32.7 Å². The lowest BCUT2D eigenvalue weighted by atomic mass is 9.99. The van der Waals surface area contributed by atoms with E-state index in [1.807, 2.05) is 13.8 Å². The lowest BCUT2D eigenvalue weighted by Gasteiger charge is -2.17. The van der Waals surface area contributed by atoms with Crippen LogP contribution in [-0.2, 0) is 4.79 Å². The van der Waals surface area contributed by atoms with Gasteiger partial charge in [-0.2, -0.15) is 0 Å². The van der Waals surface area contributed by atoms with E-state index in [1.165, 1.54) is 12.1 Å². The fraction of sp³-hybridized carbons (Fsp3) is 0.462. The molecule has 4 nitrogen and oxygen atoms in total. The second-order valence-corrected chi connectivity index (χ2v) is 4.47. The first-order chi connectivity index (χ1) is 9.23. The zero-order valence-electron chi connectivity index (χ0n) is 11.2. The lowest BCUT2D eigenvalue weighted by Crippen LogP contribution is -2.40. The van der Waals surface area contributed by atoms with E-state index in [-0.39, 0.29) is 17.6 Å². The molecule has 1 aromatic carbocycles. The van der Waals surface area contributed by atoms with Gasteiger partial charge in [-0.25, -0.2) is 0 Å². The van der Waals surface area contributed by atoms with E-state index in [0.717, 1.165) is 18.6 Å². The number of ether oxygens (including phenoxy) is 1. The maximum Gasteiger partial charge on any atom is 0.573 e. The number of hydrogen-bond donors (Lipinski definition) is 2. The largest absolute Gasteiger partial charge is 0.573 e. The second kappa shape index (κ2) is 6.60. The third-order valence-corrected chi connectivity index (χ3v) is 2.92. The Bertz CT molecular complexity index is 446. The zero-order chi connectivity index (χ0) is 15.3. The van der Waals surface area contributed by atoms with Gasteiger partial charge < -0.3 is 15.8 Å². The SMILES string of the molecule is CCC(C)[C@H](N)C(=O)Nc1ccc(OC(F)(F)F)cc1. The van der Waals surface area contributed by atoms with Crippen molar-refractivity contribution in [1.82, 2.24) is 0 Å². The van der Waals surface area contributed by atoms with Crippen LogP contribution in [0.5, 0.6) is 5.75 Å². The molecule has 0 heterocycles. The number of nitrogens with two attached hydrogens (primary N) is 1. The normalized spacial score (nSPS) is 14.5. The molecular weight excluding hydrogens is 273 g/mol. The summed E-state index contributed by atoms with van der Waals surface area (Å²) in [6, 6.07) is 4.23. The van der Waals surface area contributed by atoms with Crippen LogP contribution in [0.2, 0.25) is 0 Å². The van der Waals surface area contributed by atoms with Gasteiger partial charge in [0, 0.05) is 5.69 Å². The summed E-state index contributed by atoms with van der Waals surface area (Å²) in [6.07, 6.45) is -3.98. The van der Waals surface area contributed by atoms with Crippen LogP contribution in [0, 0.1) is 5.92 Å². The maximum atomic E-state index is 12.0. The summed E-state index contributed by atoms with van der Waals surface area (Å²) in [7, 11) is 0. The molecule has 1 unspecified atom stereocenters. The Hall–Kier alpha value is -1.76. The highest BCUT2D eigenvalue weighted by Gasteiger charge is 2.31. The number of anilines is 1. The minimum Gasteiger partial charge on any atom is -0.406 e. The molecule has 0 fully saturated rings. The van der Waals surface area contributed by atoms with Gasteiger partial charge in [0.15, 0.2) is 0 Å². The molecule has 0 saturated heterocycles. The molecule has 112 valence electrons. The summed E-state index contributed by atoms with van der Waals surface area (Å²) in [5.41, 5.74) is 6.11. The van der Waals surface area contributed by atoms with Crippen molar-refractivity contribution in [2.75, 3.05) is 5.32 Å². The first-order valence-electron chi connectivity index (χ1n) is 6.15. The van der Waals surface area contributed by atoms with Crippen LogP contribution >= 0.6 is 0 Å². The smallest absolute Gasteiger partial charge is 0.406 e. The van der Waals surface area contributed by atoms with E-state index in [9.17, 15) is 18.0 Å². The Morgan fingerprint density at radius 3 is 2.35 bits per heavy atom. The van der Waals surface area contributed by atoms with E-state index in [0.29, 0.717) is 5.69 Å². The number of amides is 1. The number of nitrogens with one attached hydrogen (secondary N) is 1. The van der Waals surface area contributed by atoms with Gasteiger partial charge in [-0.1, -0.05) is 20.3 Å². The molecule has 1 amide bonds. The van der Waals surface area contributed by atoms with Crippen molar-refractivity contribution in [3.8, 4) is 5.75 Å². The summed E-state index contributed by atoms with van der Waals surface area (Å²) in [6.45, 7) is 3.77. The minimum absolute atomic E-state index is 0.0165. The van der Waals surface area contributed by atoms with Crippen LogP contribution in [0.4, 0.5) is 18.9 Å². The highest BCUT2D eigenvalue weighted by molar-refractivity contribution is 5.94. The maximum absolute atomic E-state index is 12.0. The number of carbonyl (C=O) groups is 1. The van der Waals surface area contributed by atoms with E-state index >= 15 is 0 Å². The third kappa shape index (κ3) is 5.08. The number of alkyl halides is 3. The highest BCUT2D eigenvalue weighted by Crippen LogP contribution is 2.24. The average Bonchev–Trinajstić information content (AvgIpc) is 2.37. The molecule has 0 bridgehead atoms. The van der Waals surface area contributed by atoms with E-state index in [2.05, 4.69) is 10.1 Å². The van der Waals surface area contributed by atoms with Crippen molar-refractivity contribution in [1.29, 1.82) is 0 Å². The lowest BCUT2D eigenvalue weighted by molar-refractivity contribution is -0.274. The number of hydrogen-bond acceptors (Lipinski definition) is 3. The van der Waals surface area contributed by atoms with Gasteiger partial charge in [-0.15, -0.1) is 13.2 Å². The molecule has 1 rings (SSSR count). The van der Waals surface area contributed by atoms with Crippen molar-refractivity contribution < 1.29 is 22.7 Å². The van der Waals surface area contributed by atoms with Gasteiger partial charge in [0.2, 0.25) is 5.91 Å². The summed E-state index contributed by atoms with van der Waals surface area (Å²) < 4.78 is 39.7. The van der Waals surface area contributed by atoms with Gasteiger partial charge in [-0.05, 0) is 30.2 Å². The number of rotatable bonds is 5. The number of carbonyl (C=O) groups excluding carboxylic acids is 1. The predicted octanol–water partition coefficient (Wildman–Crippen LogP) is 2.90. The molecule has 20 heavy (non-hydrogen) atoms. The van der Waals surface area contributed by atoms with E-state index in [4.69, 9.17) is 5.73 Å². The Labute approximate surface area is 115 Å². The molecule has 7 heteroatoms. The fourth-order valence-corrected chi connectivity index (χ4v) is 1.48. The monoisotopic (exact) mass is 290 g/mol. The molecule has 0 aliphatic heterocycles. The second-order valence-electron chi connectivity index (χ2n) is 4.47. The number of benzene rings is 1. The van der Waals surface area contributed by atoms with Crippen LogP contribution in [0.25, 0.3) is 0 Å². The van der Waals surface area contributed by atoms with Crippen LogP contribution < -0.4 is 15.8 Å². The number of halogens is 3. The molecule has 0 saturated carbocycles. The molecule has 3 N–H and O–H groups in total. The molecule has 0 radical (unpaired) electrons. The van der Waals surface area contributed by atoms with Crippen molar-refractivity contribution in [3.05, 3.63) is 24.3 Å². The first-order valence-corrected chi connectivity index (χ1v) is 6.15.